The van der Waals surface area contributed by atoms with Crippen molar-refractivity contribution in [2.75, 3.05) is 6.61 Å². The van der Waals surface area contributed by atoms with Gasteiger partial charge in [0.2, 0.25) is 0 Å². The fraction of sp³-hybridized carbons (Fsp3) is 0.333. The van der Waals surface area contributed by atoms with Crippen LogP contribution >= 0.6 is 0 Å². The van der Waals surface area contributed by atoms with Gasteiger partial charge in [0.25, 0.3) is 0 Å². The van der Waals surface area contributed by atoms with E-state index < -0.39 is 8.32 Å². The third-order valence-corrected chi connectivity index (χ3v) is 2.76. The first-order valence-corrected chi connectivity index (χ1v) is 8.34. The number of hydrogen-bond donors (Lipinski definition) is 0. The maximum atomic E-state index is 5.70. The van der Waals surface area contributed by atoms with E-state index in [0.29, 0.717) is 0 Å². The van der Waals surface area contributed by atoms with E-state index in [1.165, 1.54) is 5.56 Å². The summed E-state index contributed by atoms with van der Waals surface area (Å²) in [6, 6.07) is 10.3. The van der Waals surface area contributed by atoms with Crippen LogP contribution in [0, 0.1) is 0 Å². The Hall–Kier alpha value is -0.863. The lowest BCUT2D eigenvalue weighted by Crippen LogP contribution is -2.25. The van der Waals surface area contributed by atoms with Gasteiger partial charge >= 0.3 is 0 Å². The molecule has 1 rings (SSSR count). The summed E-state index contributed by atoms with van der Waals surface area (Å²) >= 11 is 0. The molecule has 0 atom stereocenters. The molecular weight excluding hydrogens is 188 g/mol. The van der Waals surface area contributed by atoms with Crippen LogP contribution in [0.5, 0.6) is 0 Å². The van der Waals surface area contributed by atoms with Gasteiger partial charge in [-0.2, -0.15) is 0 Å². The molecule has 0 aliphatic carbocycles. The van der Waals surface area contributed by atoms with E-state index in [0.717, 1.165) is 6.61 Å². The maximum Gasteiger partial charge on any atom is 0.184 e. The van der Waals surface area contributed by atoms with Gasteiger partial charge in [-0.3, -0.25) is 0 Å². The fourth-order valence-corrected chi connectivity index (χ4v) is 1.64. The Bertz CT molecular complexity index is 285. The highest BCUT2D eigenvalue weighted by atomic mass is 28.4. The van der Waals surface area contributed by atoms with Gasteiger partial charge in [-0.25, -0.2) is 0 Å². The Morgan fingerprint density at radius 1 is 1.14 bits per heavy atom. The zero-order valence-corrected chi connectivity index (χ0v) is 10.2. The summed E-state index contributed by atoms with van der Waals surface area (Å²) in [5, 5.41) is 0. The standard InChI is InChI=1S/C12H18OSi/c1-14(2,3)13-11-7-10-12-8-5-4-6-9-12/h4-10H,11H2,1-3H3/b10-7-. The van der Waals surface area contributed by atoms with E-state index in [1.807, 2.05) is 18.2 Å². The van der Waals surface area contributed by atoms with Crippen molar-refractivity contribution in [3.8, 4) is 0 Å². The Balaban J connectivity index is 2.35. The number of benzene rings is 1. The quantitative estimate of drug-likeness (QED) is 0.685. The van der Waals surface area contributed by atoms with Gasteiger partial charge in [-0.1, -0.05) is 42.5 Å². The van der Waals surface area contributed by atoms with Crippen molar-refractivity contribution in [1.82, 2.24) is 0 Å². The molecule has 0 radical (unpaired) electrons. The zero-order valence-electron chi connectivity index (χ0n) is 9.16. The lowest BCUT2D eigenvalue weighted by molar-refractivity contribution is 0.358. The molecule has 14 heavy (non-hydrogen) atoms. The third-order valence-electron chi connectivity index (χ3n) is 1.72. The van der Waals surface area contributed by atoms with Crippen molar-refractivity contribution in [2.45, 2.75) is 19.6 Å². The van der Waals surface area contributed by atoms with Gasteiger partial charge in [0.05, 0.1) is 6.61 Å². The summed E-state index contributed by atoms with van der Waals surface area (Å²) in [5.41, 5.74) is 1.23. The van der Waals surface area contributed by atoms with Crippen molar-refractivity contribution in [1.29, 1.82) is 0 Å². The topological polar surface area (TPSA) is 9.23 Å². The number of rotatable bonds is 4. The average Bonchev–Trinajstić information content (AvgIpc) is 2.13. The molecule has 1 nitrogen and oxygen atoms in total. The van der Waals surface area contributed by atoms with E-state index in [4.69, 9.17) is 4.43 Å². The zero-order chi connectivity index (χ0) is 10.4. The van der Waals surface area contributed by atoms with Crippen molar-refractivity contribution in [3.05, 3.63) is 42.0 Å². The normalized spacial score (nSPS) is 12.2. The Morgan fingerprint density at radius 3 is 2.36 bits per heavy atom. The predicted octanol–water partition coefficient (Wildman–Crippen LogP) is 3.55. The number of hydrogen-bond acceptors (Lipinski definition) is 1. The van der Waals surface area contributed by atoms with Crippen LogP contribution in [0.2, 0.25) is 19.6 Å². The van der Waals surface area contributed by atoms with Crippen LogP contribution in [0.25, 0.3) is 6.08 Å². The smallest absolute Gasteiger partial charge is 0.184 e. The highest BCUT2D eigenvalue weighted by Gasteiger charge is 2.11. The Kier molecular flexibility index (Phi) is 4.11. The van der Waals surface area contributed by atoms with Crippen molar-refractivity contribution < 1.29 is 4.43 Å². The summed E-state index contributed by atoms with van der Waals surface area (Å²) in [6.45, 7) is 7.32. The fourth-order valence-electron chi connectivity index (χ4n) is 1.05. The molecule has 0 unspecified atom stereocenters. The molecule has 0 aromatic heterocycles. The Labute approximate surface area is 87.5 Å². The average molecular weight is 206 g/mol. The predicted molar refractivity (Wildman–Crippen MR) is 64.8 cm³/mol. The van der Waals surface area contributed by atoms with Crippen LogP contribution < -0.4 is 0 Å². The molecule has 0 aliphatic heterocycles. The van der Waals surface area contributed by atoms with Crippen LogP contribution in [-0.4, -0.2) is 14.9 Å². The molecule has 1 aromatic rings. The minimum atomic E-state index is -1.35. The summed E-state index contributed by atoms with van der Waals surface area (Å²) in [7, 11) is -1.35. The van der Waals surface area contributed by atoms with Gasteiger partial charge in [0.15, 0.2) is 8.32 Å². The molecule has 0 aliphatic rings. The lowest BCUT2D eigenvalue weighted by Gasteiger charge is -2.14. The molecule has 0 heterocycles. The van der Waals surface area contributed by atoms with E-state index in [1.54, 1.807) is 0 Å². The van der Waals surface area contributed by atoms with Crippen LogP contribution in [0.1, 0.15) is 5.56 Å². The molecule has 2 heteroatoms. The Morgan fingerprint density at radius 2 is 1.79 bits per heavy atom. The largest absolute Gasteiger partial charge is 0.414 e. The van der Waals surface area contributed by atoms with Gasteiger partial charge in [0.1, 0.15) is 0 Å². The van der Waals surface area contributed by atoms with E-state index in [9.17, 15) is 0 Å². The SMILES string of the molecule is C[Si](C)(C)OC/C=C\c1ccccc1. The molecule has 0 saturated carbocycles. The first-order valence-electron chi connectivity index (χ1n) is 4.93. The molecule has 0 spiro atoms. The van der Waals surface area contributed by atoms with Crippen LogP contribution in [0.4, 0.5) is 0 Å². The minimum absolute atomic E-state index is 0.727. The second-order valence-corrected chi connectivity index (χ2v) is 8.75. The second-order valence-electron chi connectivity index (χ2n) is 4.24. The van der Waals surface area contributed by atoms with Crippen molar-refractivity contribution >= 4 is 14.4 Å². The van der Waals surface area contributed by atoms with E-state index in [2.05, 4.69) is 43.9 Å². The molecular formula is C12H18OSi. The van der Waals surface area contributed by atoms with Crippen molar-refractivity contribution in [3.63, 3.8) is 0 Å². The molecule has 0 amide bonds. The summed E-state index contributed by atoms with van der Waals surface area (Å²) in [4.78, 5) is 0. The maximum absolute atomic E-state index is 5.70. The van der Waals surface area contributed by atoms with E-state index >= 15 is 0 Å². The van der Waals surface area contributed by atoms with Crippen LogP contribution in [-0.2, 0) is 4.43 Å². The highest BCUT2D eigenvalue weighted by molar-refractivity contribution is 6.69. The van der Waals surface area contributed by atoms with Crippen molar-refractivity contribution in [2.24, 2.45) is 0 Å². The molecule has 1 aromatic carbocycles. The van der Waals surface area contributed by atoms with E-state index in [-0.39, 0.29) is 0 Å². The summed E-state index contributed by atoms with van der Waals surface area (Å²) < 4.78 is 5.70. The van der Waals surface area contributed by atoms with Gasteiger partial charge in [-0.05, 0) is 25.2 Å². The molecule has 0 N–H and O–H groups in total. The molecule has 0 bridgehead atoms. The first kappa shape index (κ1) is 11.2. The minimum Gasteiger partial charge on any atom is -0.414 e. The van der Waals surface area contributed by atoms with Crippen LogP contribution in [0.15, 0.2) is 36.4 Å². The summed E-state index contributed by atoms with van der Waals surface area (Å²) in [5.74, 6) is 0. The lowest BCUT2D eigenvalue weighted by atomic mass is 10.2. The van der Waals surface area contributed by atoms with Gasteiger partial charge < -0.3 is 4.43 Å². The van der Waals surface area contributed by atoms with Crippen LogP contribution in [0.3, 0.4) is 0 Å². The highest BCUT2D eigenvalue weighted by Crippen LogP contribution is 2.04. The third kappa shape index (κ3) is 4.99. The molecule has 0 fully saturated rings. The molecule has 76 valence electrons. The second kappa shape index (κ2) is 5.13. The molecule has 0 saturated heterocycles. The summed E-state index contributed by atoms with van der Waals surface area (Å²) in [6.07, 6.45) is 4.17. The first-order chi connectivity index (χ1) is 6.58. The van der Waals surface area contributed by atoms with Gasteiger partial charge in [0, 0.05) is 0 Å². The van der Waals surface area contributed by atoms with Gasteiger partial charge in [-0.15, -0.1) is 0 Å². The monoisotopic (exact) mass is 206 g/mol.